The molecular formula is C37H55N3O9S. The van der Waals surface area contributed by atoms with Gasteiger partial charge in [-0.3, -0.25) is 9.63 Å². The summed E-state index contributed by atoms with van der Waals surface area (Å²) in [7, 11) is -0.0440. The second-order valence-corrected chi connectivity index (χ2v) is 17.3. The van der Waals surface area contributed by atoms with Gasteiger partial charge in [0.15, 0.2) is 0 Å². The van der Waals surface area contributed by atoms with E-state index in [2.05, 4.69) is 39.9 Å². The molecule has 0 bridgehead atoms. The number of anilines is 1. The molecule has 1 aliphatic heterocycles. The molecule has 2 aliphatic rings. The average Bonchev–Trinajstić information content (AvgIpc) is 3.43. The number of hydrogen-bond acceptors (Lipinski definition) is 10. The molecule has 1 heterocycles. The van der Waals surface area contributed by atoms with E-state index in [1.807, 2.05) is 6.07 Å². The smallest absolute Gasteiger partial charge is 0.335 e. The van der Waals surface area contributed by atoms with Crippen LogP contribution in [0.25, 0.3) is 11.1 Å². The van der Waals surface area contributed by atoms with Crippen molar-refractivity contribution in [2.75, 3.05) is 44.2 Å². The summed E-state index contributed by atoms with van der Waals surface area (Å²) in [5, 5.41) is 35.9. The highest BCUT2D eigenvalue weighted by Crippen LogP contribution is 2.47. The summed E-state index contributed by atoms with van der Waals surface area (Å²) in [6.45, 7) is 12.6. The number of sulfone groups is 1. The van der Waals surface area contributed by atoms with Crippen molar-refractivity contribution in [3.05, 3.63) is 47.5 Å². The van der Waals surface area contributed by atoms with E-state index in [0.29, 0.717) is 40.0 Å². The van der Waals surface area contributed by atoms with Crippen molar-refractivity contribution in [2.45, 2.75) is 78.8 Å². The third kappa shape index (κ3) is 8.45. The van der Waals surface area contributed by atoms with Gasteiger partial charge in [0, 0.05) is 48.6 Å². The number of carbonyl (C=O) groups excluding carboxylic acids is 1. The van der Waals surface area contributed by atoms with Crippen LogP contribution in [0, 0.1) is 29.1 Å². The molecule has 0 radical (unpaired) electrons. The number of hydrogen-bond donors (Lipinski definition) is 4. The van der Waals surface area contributed by atoms with Crippen LogP contribution >= 0.6 is 0 Å². The number of methoxy groups -OCH3 is 1. The first kappa shape index (κ1) is 39.6. The molecule has 13 heteroatoms. The predicted molar refractivity (Wildman–Crippen MR) is 193 cm³/mol. The van der Waals surface area contributed by atoms with Crippen LogP contribution < -0.4 is 15.0 Å². The molecular weight excluding hydrogens is 662 g/mol. The molecule has 2 aromatic rings. The molecule has 2 aromatic carbocycles. The Bertz CT molecular complexity index is 1650. The lowest BCUT2D eigenvalue weighted by molar-refractivity contribution is -0.182. The number of aromatic carboxylic acids is 1. The second-order valence-electron chi connectivity index (χ2n) is 15.0. The fourth-order valence-corrected chi connectivity index (χ4v) is 8.20. The number of para-hydroxylation sites is 1. The molecule has 4 N–H and O–H groups in total. The molecule has 1 saturated carbocycles. The van der Waals surface area contributed by atoms with Gasteiger partial charge in [-0.25, -0.2) is 13.2 Å². The molecule has 1 saturated heterocycles. The highest BCUT2D eigenvalue weighted by atomic mass is 32.2. The van der Waals surface area contributed by atoms with E-state index in [-0.39, 0.29) is 47.7 Å². The lowest BCUT2D eigenvalue weighted by Crippen LogP contribution is -2.56. The number of amides is 1. The molecule has 0 aromatic heterocycles. The lowest BCUT2D eigenvalue weighted by atomic mass is 9.58. The first-order valence-corrected chi connectivity index (χ1v) is 19.3. The SMILES string of the molecule is COc1c(CN2O[C@@H](CO)C([C@H](C)O)[C@H]2C(=O)N[C@H]2C[C@@H](C)C(C)(C)[C@@H](C)[C@@H]2C)cccc1-c1cc(C(=O)O)cc(N(C)CCS(C)(=O)=O)c1. The highest BCUT2D eigenvalue weighted by Gasteiger charge is 2.51. The molecule has 4 rings (SSSR count). The molecule has 1 aliphatic carbocycles. The summed E-state index contributed by atoms with van der Waals surface area (Å²) in [6, 6.07) is 9.21. The van der Waals surface area contributed by atoms with E-state index >= 15 is 0 Å². The van der Waals surface area contributed by atoms with Crippen molar-refractivity contribution in [3.8, 4) is 16.9 Å². The number of carboxylic acid groups (broad SMARTS) is 1. The van der Waals surface area contributed by atoms with E-state index in [0.717, 1.165) is 12.7 Å². The van der Waals surface area contributed by atoms with Crippen molar-refractivity contribution in [1.29, 1.82) is 0 Å². The zero-order valence-corrected chi connectivity index (χ0v) is 31.5. The number of ether oxygens (including phenoxy) is 1. The van der Waals surface area contributed by atoms with Gasteiger partial charge >= 0.3 is 5.97 Å². The van der Waals surface area contributed by atoms with Gasteiger partial charge in [-0.2, -0.15) is 5.06 Å². The van der Waals surface area contributed by atoms with E-state index in [1.165, 1.54) is 24.3 Å². The Morgan fingerprint density at radius 2 is 1.86 bits per heavy atom. The van der Waals surface area contributed by atoms with Gasteiger partial charge < -0.3 is 30.3 Å². The first-order chi connectivity index (χ1) is 23.3. The van der Waals surface area contributed by atoms with Gasteiger partial charge in [0.1, 0.15) is 27.7 Å². The van der Waals surface area contributed by atoms with Crippen LogP contribution in [-0.4, -0.2) is 104 Å². The Morgan fingerprint density at radius 1 is 1.18 bits per heavy atom. The standard InChI is InChI=1S/C37H55N3O9S/c1-21-15-30(22(2)23(3)37(21,5)6)38-35(43)33-32(24(4)42)31(20-41)49-40(33)19-25-11-10-12-29(34(25)48-8)26-16-27(36(44)45)18-28(17-26)39(7)13-14-50(9,46)47/h10-12,16-18,21-24,30-33,41-42H,13-15,19-20H2,1-9H3,(H,38,43)(H,44,45)/t21-,22+,23+,24+,30+,31+,32?,33+/m1/s1. The van der Waals surface area contributed by atoms with Crippen LogP contribution in [0.2, 0.25) is 0 Å². The zero-order valence-electron chi connectivity index (χ0n) is 30.7. The summed E-state index contributed by atoms with van der Waals surface area (Å²) >= 11 is 0. The van der Waals surface area contributed by atoms with Gasteiger partial charge in [-0.15, -0.1) is 0 Å². The van der Waals surface area contributed by atoms with Crippen molar-refractivity contribution in [2.24, 2.45) is 29.1 Å². The molecule has 50 heavy (non-hydrogen) atoms. The van der Waals surface area contributed by atoms with E-state index in [1.54, 1.807) is 37.1 Å². The fraction of sp³-hybridized carbons (Fsp3) is 0.622. The first-order valence-electron chi connectivity index (χ1n) is 17.3. The van der Waals surface area contributed by atoms with Crippen LogP contribution in [0.1, 0.15) is 63.9 Å². The largest absolute Gasteiger partial charge is 0.496 e. The van der Waals surface area contributed by atoms with Gasteiger partial charge in [-0.05, 0) is 60.3 Å². The van der Waals surface area contributed by atoms with Crippen molar-refractivity contribution < 1.29 is 42.9 Å². The minimum atomic E-state index is -3.25. The van der Waals surface area contributed by atoms with Crippen LogP contribution in [0.3, 0.4) is 0 Å². The Hall–Kier alpha value is -3.23. The number of aliphatic hydroxyl groups excluding tert-OH is 2. The molecule has 0 spiro atoms. The Kier molecular flexibility index (Phi) is 12.3. The molecule has 1 unspecified atom stereocenters. The number of hydroxylamine groups is 2. The maximum absolute atomic E-state index is 14.2. The summed E-state index contributed by atoms with van der Waals surface area (Å²) < 4.78 is 29.5. The van der Waals surface area contributed by atoms with E-state index in [9.17, 15) is 33.3 Å². The Morgan fingerprint density at radius 3 is 2.44 bits per heavy atom. The number of nitrogens with zero attached hydrogens (tertiary/aromatic N) is 2. The van der Waals surface area contributed by atoms with Gasteiger partial charge in [0.25, 0.3) is 0 Å². The average molecular weight is 718 g/mol. The third-order valence-electron chi connectivity index (χ3n) is 11.5. The van der Waals surface area contributed by atoms with Gasteiger partial charge in [0.05, 0.1) is 37.7 Å². The normalized spacial score (nSPS) is 27.5. The minimum Gasteiger partial charge on any atom is -0.496 e. The predicted octanol–water partition coefficient (Wildman–Crippen LogP) is 3.84. The summed E-state index contributed by atoms with van der Waals surface area (Å²) in [5.74, 6) is -0.862. The Balaban J connectivity index is 1.70. The van der Waals surface area contributed by atoms with Gasteiger partial charge in [0.2, 0.25) is 5.91 Å². The number of benzene rings is 2. The summed E-state index contributed by atoms with van der Waals surface area (Å²) in [4.78, 5) is 34.3. The Labute approximate surface area is 296 Å². The maximum Gasteiger partial charge on any atom is 0.335 e. The van der Waals surface area contributed by atoms with E-state index in [4.69, 9.17) is 9.57 Å². The van der Waals surface area contributed by atoms with Crippen LogP contribution in [-0.2, 0) is 26.0 Å². The molecule has 1 amide bonds. The van der Waals surface area contributed by atoms with Crippen molar-refractivity contribution in [3.63, 3.8) is 0 Å². The van der Waals surface area contributed by atoms with Crippen molar-refractivity contribution >= 4 is 27.4 Å². The van der Waals surface area contributed by atoms with E-state index < -0.39 is 46.6 Å². The number of rotatable bonds is 13. The monoisotopic (exact) mass is 717 g/mol. The van der Waals surface area contributed by atoms with Crippen LogP contribution in [0.4, 0.5) is 5.69 Å². The summed E-state index contributed by atoms with van der Waals surface area (Å²) in [5.41, 5.74) is 2.40. The van der Waals surface area contributed by atoms with Gasteiger partial charge in [-0.1, -0.05) is 52.8 Å². The molecule has 12 nitrogen and oxygen atoms in total. The quantitative estimate of drug-likeness (QED) is 0.238. The fourth-order valence-electron chi connectivity index (χ4n) is 7.60. The molecule has 8 atom stereocenters. The minimum absolute atomic E-state index is 0.0188. The third-order valence-corrected chi connectivity index (χ3v) is 12.4. The molecule has 2 fully saturated rings. The summed E-state index contributed by atoms with van der Waals surface area (Å²) in [6.07, 6.45) is 0.187. The lowest BCUT2D eigenvalue weighted by Gasteiger charge is -2.50. The van der Waals surface area contributed by atoms with Crippen molar-refractivity contribution in [1.82, 2.24) is 10.4 Å². The number of carbonyl (C=O) groups is 2. The maximum atomic E-state index is 14.2. The number of carboxylic acids is 1. The number of nitrogens with one attached hydrogen (secondary N) is 1. The van der Waals surface area contributed by atoms with Crippen LogP contribution in [0.15, 0.2) is 36.4 Å². The highest BCUT2D eigenvalue weighted by molar-refractivity contribution is 7.90. The topological polar surface area (TPSA) is 166 Å². The zero-order chi connectivity index (χ0) is 37.3. The van der Waals surface area contributed by atoms with Crippen LogP contribution in [0.5, 0.6) is 5.75 Å². The number of aliphatic hydroxyl groups is 2. The molecule has 278 valence electrons. The second kappa shape index (κ2) is 15.6.